The van der Waals surface area contributed by atoms with Gasteiger partial charge in [-0.1, -0.05) is 37.3 Å². The summed E-state index contributed by atoms with van der Waals surface area (Å²) in [5, 5.41) is 0. The van der Waals surface area contributed by atoms with Gasteiger partial charge in [0.05, 0.1) is 33.2 Å². The Morgan fingerprint density at radius 1 is 1.11 bits per heavy atom. The minimum atomic E-state index is -0.757. The smallest absolute Gasteiger partial charge is 0.213 e. The molecule has 1 saturated heterocycles. The van der Waals surface area contributed by atoms with E-state index >= 15 is 0 Å². The number of imidazole rings is 1. The van der Waals surface area contributed by atoms with Gasteiger partial charge in [0.1, 0.15) is 5.75 Å². The van der Waals surface area contributed by atoms with E-state index < -0.39 is 5.79 Å². The molecule has 5 nitrogen and oxygen atoms in total. The normalized spacial score (nSPS) is 15.8. The van der Waals surface area contributed by atoms with Crippen LogP contribution in [-0.4, -0.2) is 29.9 Å². The number of nitrogens with zero attached hydrogens (tertiary/aromatic N) is 2. The van der Waals surface area contributed by atoms with Crippen molar-refractivity contribution >= 4 is 0 Å². The molecule has 4 rings (SSSR count). The highest BCUT2D eigenvalue weighted by Gasteiger charge is 2.39. The summed E-state index contributed by atoms with van der Waals surface area (Å²) in [7, 11) is 1.70. The summed E-state index contributed by atoms with van der Waals surface area (Å²) in [5.74, 6) is 0.131. The molecule has 0 saturated carbocycles. The molecule has 0 amide bonds. The molecule has 140 valence electrons. The number of aryl methyl sites for hydroxylation is 1. The van der Waals surface area contributed by atoms with E-state index in [2.05, 4.69) is 48.3 Å². The Labute approximate surface area is 159 Å². The highest BCUT2D eigenvalue weighted by atomic mass is 16.7. The van der Waals surface area contributed by atoms with Crippen LogP contribution in [0.5, 0.6) is 5.75 Å². The van der Waals surface area contributed by atoms with Crippen molar-refractivity contribution in [3.63, 3.8) is 0 Å². The summed E-state index contributed by atoms with van der Waals surface area (Å²) in [6.45, 7) is 3.92. The predicted octanol–water partition coefficient (Wildman–Crippen LogP) is 4.02. The third-order valence-electron chi connectivity index (χ3n) is 5.03. The molecule has 0 spiro atoms. The summed E-state index contributed by atoms with van der Waals surface area (Å²) in [4.78, 5) is 4.12. The lowest BCUT2D eigenvalue weighted by molar-refractivity contribution is -0.176. The minimum absolute atomic E-state index is 0.578. The lowest BCUT2D eigenvalue weighted by atomic mass is 9.95. The highest BCUT2D eigenvalue weighted by Crippen LogP contribution is 2.35. The Morgan fingerprint density at radius 3 is 2.52 bits per heavy atom. The second-order valence-electron chi connectivity index (χ2n) is 6.64. The molecule has 2 aromatic carbocycles. The first-order valence-electron chi connectivity index (χ1n) is 9.25. The second kappa shape index (κ2) is 7.55. The van der Waals surface area contributed by atoms with E-state index in [1.54, 1.807) is 19.6 Å². The van der Waals surface area contributed by atoms with Crippen LogP contribution in [0.3, 0.4) is 0 Å². The molecular weight excluding hydrogens is 340 g/mol. The molecule has 0 aliphatic carbocycles. The van der Waals surface area contributed by atoms with Crippen LogP contribution in [0.2, 0.25) is 0 Å². The van der Waals surface area contributed by atoms with Gasteiger partial charge >= 0.3 is 0 Å². The summed E-state index contributed by atoms with van der Waals surface area (Å²) in [6.07, 6.45) is 6.42. The van der Waals surface area contributed by atoms with Gasteiger partial charge in [0, 0.05) is 18.0 Å². The Hall–Kier alpha value is -2.63. The Bertz CT molecular complexity index is 882. The molecule has 1 aliphatic rings. The van der Waals surface area contributed by atoms with Crippen LogP contribution in [0.25, 0.3) is 11.1 Å². The number of benzene rings is 2. The molecule has 0 atom stereocenters. The number of methoxy groups -OCH3 is 1. The Morgan fingerprint density at radius 2 is 1.89 bits per heavy atom. The molecule has 1 fully saturated rings. The fourth-order valence-electron chi connectivity index (χ4n) is 3.60. The fraction of sp³-hybridized carbons (Fsp3) is 0.318. The van der Waals surface area contributed by atoms with Crippen LogP contribution in [0.4, 0.5) is 0 Å². The zero-order valence-corrected chi connectivity index (χ0v) is 15.7. The highest BCUT2D eigenvalue weighted by molar-refractivity contribution is 5.68. The summed E-state index contributed by atoms with van der Waals surface area (Å²) in [6, 6.07) is 14.7. The molecule has 1 aliphatic heterocycles. The van der Waals surface area contributed by atoms with Crippen molar-refractivity contribution in [1.29, 1.82) is 0 Å². The van der Waals surface area contributed by atoms with E-state index in [1.165, 1.54) is 16.7 Å². The maximum absolute atomic E-state index is 6.03. The van der Waals surface area contributed by atoms with Crippen LogP contribution in [0.1, 0.15) is 18.1 Å². The second-order valence-corrected chi connectivity index (χ2v) is 6.64. The van der Waals surface area contributed by atoms with Crippen LogP contribution in [0, 0.1) is 0 Å². The maximum Gasteiger partial charge on any atom is 0.213 e. The van der Waals surface area contributed by atoms with Crippen LogP contribution in [0.15, 0.2) is 61.2 Å². The quantitative estimate of drug-likeness (QED) is 0.663. The van der Waals surface area contributed by atoms with E-state index in [-0.39, 0.29) is 0 Å². The zero-order valence-electron chi connectivity index (χ0n) is 15.7. The zero-order chi connectivity index (χ0) is 18.7. The first-order chi connectivity index (χ1) is 13.2. The van der Waals surface area contributed by atoms with Gasteiger partial charge in [-0.25, -0.2) is 4.98 Å². The topological polar surface area (TPSA) is 45.5 Å². The van der Waals surface area contributed by atoms with E-state index in [4.69, 9.17) is 14.2 Å². The molecular formula is C22H24N2O3. The van der Waals surface area contributed by atoms with E-state index in [0.717, 1.165) is 17.7 Å². The van der Waals surface area contributed by atoms with Crippen molar-refractivity contribution in [3.05, 3.63) is 72.3 Å². The first-order valence-corrected chi connectivity index (χ1v) is 9.25. The van der Waals surface area contributed by atoms with Crippen LogP contribution in [-0.2, 0) is 28.2 Å². The van der Waals surface area contributed by atoms with Crippen molar-refractivity contribution < 1.29 is 14.2 Å². The van der Waals surface area contributed by atoms with Gasteiger partial charge in [-0.3, -0.25) is 0 Å². The van der Waals surface area contributed by atoms with E-state index in [1.807, 2.05) is 16.8 Å². The summed E-state index contributed by atoms with van der Waals surface area (Å²) < 4.78 is 19.4. The third-order valence-corrected chi connectivity index (χ3v) is 5.03. The third kappa shape index (κ3) is 3.48. The van der Waals surface area contributed by atoms with Gasteiger partial charge in [-0.2, -0.15) is 0 Å². The predicted molar refractivity (Wildman–Crippen MR) is 104 cm³/mol. The minimum Gasteiger partial charge on any atom is -0.497 e. The number of rotatable bonds is 6. The molecule has 0 N–H and O–H groups in total. The van der Waals surface area contributed by atoms with Crippen molar-refractivity contribution in [2.24, 2.45) is 0 Å². The monoisotopic (exact) mass is 364 g/mol. The molecule has 27 heavy (non-hydrogen) atoms. The van der Waals surface area contributed by atoms with Crippen molar-refractivity contribution in [2.45, 2.75) is 25.7 Å². The lowest BCUT2D eigenvalue weighted by Gasteiger charge is -2.28. The lowest BCUT2D eigenvalue weighted by Crippen LogP contribution is -2.32. The fourth-order valence-corrected chi connectivity index (χ4v) is 3.60. The summed E-state index contributed by atoms with van der Waals surface area (Å²) >= 11 is 0. The molecule has 3 aromatic rings. The largest absolute Gasteiger partial charge is 0.497 e. The van der Waals surface area contributed by atoms with Gasteiger partial charge in [-0.15, -0.1) is 0 Å². The molecule has 2 heterocycles. The van der Waals surface area contributed by atoms with Crippen molar-refractivity contribution in [3.8, 4) is 16.9 Å². The average molecular weight is 364 g/mol. The SMILES string of the molecule is CCc1cc(OC)ccc1-c1ccc(C2(Cn3ccnc3)OCCO2)cc1. The van der Waals surface area contributed by atoms with Gasteiger partial charge < -0.3 is 18.8 Å². The van der Waals surface area contributed by atoms with Crippen molar-refractivity contribution in [2.75, 3.05) is 20.3 Å². The van der Waals surface area contributed by atoms with Crippen molar-refractivity contribution in [1.82, 2.24) is 9.55 Å². The Balaban J connectivity index is 1.65. The van der Waals surface area contributed by atoms with Crippen LogP contribution >= 0.6 is 0 Å². The number of ether oxygens (including phenoxy) is 3. The average Bonchev–Trinajstić information content (AvgIpc) is 3.41. The van der Waals surface area contributed by atoms with E-state index in [9.17, 15) is 0 Å². The van der Waals surface area contributed by atoms with Gasteiger partial charge in [0.25, 0.3) is 0 Å². The summed E-state index contributed by atoms with van der Waals surface area (Å²) in [5.41, 5.74) is 4.68. The van der Waals surface area contributed by atoms with Gasteiger partial charge in [0.2, 0.25) is 5.79 Å². The molecule has 0 bridgehead atoms. The van der Waals surface area contributed by atoms with Gasteiger partial charge in [0.15, 0.2) is 0 Å². The maximum atomic E-state index is 6.03. The number of hydrogen-bond donors (Lipinski definition) is 0. The number of aromatic nitrogens is 2. The standard InChI is InChI=1S/C22H24N2O3/c1-3-17-14-20(25-2)8-9-21(17)18-4-6-19(7-5-18)22(26-12-13-27-22)15-24-11-10-23-16-24/h4-11,14,16H,3,12-13,15H2,1-2H3. The molecule has 1 aromatic heterocycles. The molecule has 0 unspecified atom stereocenters. The molecule has 5 heteroatoms. The van der Waals surface area contributed by atoms with E-state index in [0.29, 0.717) is 19.8 Å². The molecule has 0 radical (unpaired) electrons. The first kappa shape index (κ1) is 17.8. The van der Waals surface area contributed by atoms with Gasteiger partial charge in [-0.05, 0) is 35.2 Å². The van der Waals surface area contributed by atoms with Crippen LogP contribution < -0.4 is 4.74 Å². The number of hydrogen-bond acceptors (Lipinski definition) is 4. The Kier molecular flexibility index (Phi) is 4.97.